The van der Waals surface area contributed by atoms with Crippen molar-refractivity contribution in [2.75, 3.05) is 39.9 Å². The summed E-state index contributed by atoms with van der Waals surface area (Å²) in [5.74, 6) is 1.73. The average molecular weight is 445 g/mol. The molecule has 5 heteroatoms. The van der Waals surface area contributed by atoms with Gasteiger partial charge in [0.25, 0.3) is 0 Å². The summed E-state index contributed by atoms with van der Waals surface area (Å²) in [7, 11) is 1.87. The lowest BCUT2D eigenvalue weighted by atomic mass is 9.99. The number of likely N-dealkylation sites (tertiary alicyclic amines) is 1. The third-order valence-electron chi connectivity index (χ3n) is 4.34. The molecule has 1 heterocycles. The monoisotopic (exact) mass is 445 g/mol. The van der Waals surface area contributed by atoms with E-state index in [2.05, 4.69) is 52.5 Å². The lowest BCUT2D eigenvalue weighted by Crippen LogP contribution is -2.41. The molecule has 1 aliphatic rings. The smallest absolute Gasteiger partial charge is 0.193 e. The van der Waals surface area contributed by atoms with Gasteiger partial charge in [-0.1, -0.05) is 43.7 Å². The quantitative estimate of drug-likeness (QED) is 0.288. The van der Waals surface area contributed by atoms with E-state index in [9.17, 15) is 0 Å². The number of unbranched alkanes of at least 4 members (excludes halogenated alkanes) is 1. The first kappa shape index (κ1) is 21.2. The minimum absolute atomic E-state index is 0. The Labute approximate surface area is 164 Å². The molecule has 0 saturated carbocycles. The highest BCUT2D eigenvalue weighted by atomic mass is 127. The van der Waals surface area contributed by atoms with E-state index in [4.69, 9.17) is 4.74 Å². The Morgan fingerprint density at radius 3 is 2.79 bits per heavy atom. The fourth-order valence-electron chi connectivity index (χ4n) is 3.05. The van der Waals surface area contributed by atoms with Crippen LogP contribution in [-0.4, -0.2) is 50.8 Å². The van der Waals surface area contributed by atoms with Crippen molar-refractivity contribution >= 4 is 29.9 Å². The van der Waals surface area contributed by atoms with Crippen LogP contribution < -0.4 is 5.32 Å². The van der Waals surface area contributed by atoms with Crippen LogP contribution in [0.5, 0.6) is 0 Å². The summed E-state index contributed by atoms with van der Waals surface area (Å²) in [6, 6.07) is 10.8. The van der Waals surface area contributed by atoms with Gasteiger partial charge in [0.2, 0.25) is 0 Å². The van der Waals surface area contributed by atoms with Gasteiger partial charge in [0.1, 0.15) is 0 Å². The number of hydrogen-bond acceptors (Lipinski definition) is 2. The molecule has 0 amide bonds. The maximum absolute atomic E-state index is 5.60. The number of guanidine groups is 1. The molecule has 0 aliphatic carbocycles. The molecule has 1 saturated heterocycles. The van der Waals surface area contributed by atoms with Crippen LogP contribution >= 0.6 is 24.0 Å². The van der Waals surface area contributed by atoms with Crippen LogP contribution in [0.25, 0.3) is 0 Å². The van der Waals surface area contributed by atoms with Gasteiger partial charge < -0.3 is 15.0 Å². The Hall–Kier alpha value is -0.820. The standard InChI is InChI=1S/C19H31N3O.HI/c1-3-4-13-23-14-11-21-19(20-2)22-12-10-18(16-22)15-17-8-6-5-7-9-17;/h5-9,18H,3-4,10-16H2,1-2H3,(H,20,21);1H. The van der Waals surface area contributed by atoms with Gasteiger partial charge in [-0.3, -0.25) is 4.99 Å². The van der Waals surface area contributed by atoms with Crippen molar-refractivity contribution in [3.05, 3.63) is 35.9 Å². The van der Waals surface area contributed by atoms with Crippen LogP contribution in [0.4, 0.5) is 0 Å². The lowest BCUT2D eigenvalue weighted by molar-refractivity contribution is 0.135. The third-order valence-corrected chi connectivity index (χ3v) is 4.34. The zero-order valence-corrected chi connectivity index (χ0v) is 17.4. The molecule has 1 fully saturated rings. The predicted molar refractivity (Wildman–Crippen MR) is 112 cm³/mol. The van der Waals surface area contributed by atoms with Gasteiger partial charge in [-0.2, -0.15) is 0 Å². The van der Waals surface area contributed by atoms with Gasteiger partial charge in [0.05, 0.1) is 6.61 Å². The van der Waals surface area contributed by atoms with Gasteiger partial charge in [0.15, 0.2) is 5.96 Å². The average Bonchev–Trinajstić information content (AvgIpc) is 3.03. The predicted octanol–water partition coefficient (Wildman–Crippen LogP) is 3.56. The summed E-state index contributed by atoms with van der Waals surface area (Å²) < 4.78 is 5.60. The number of benzene rings is 1. The first-order valence-electron chi connectivity index (χ1n) is 8.90. The van der Waals surface area contributed by atoms with Gasteiger partial charge in [-0.15, -0.1) is 24.0 Å². The molecule has 1 atom stereocenters. The molecule has 0 bridgehead atoms. The van der Waals surface area contributed by atoms with E-state index in [1.807, 2.05) is 7.05 Å². The molecule has 1 aromatic carbocycles. The van der Waals surface area contributed by atoms with E-state index in [0.29, 0.717) is 0 Å². The lowest BCUT2D eigenvalue weighted by Gasteiger charge is -2.21. The number of ether oxygens (including phenoxy) is 1. The maximum atomic E-state index is 5.60. The molecule has 4 nitrogen and oxygen atoms in total. The van der Waals surface area contributed by atoms with Crippen LogP contribution in [0, 0.1) is 5.92 Å². The zero-order valence-electron chi connectivity index (χ0n) is 15.0. The number of rotatable bonds is 8. The Balaban J connectivity index is 0.00000288. The number of aliphatic imine (C=N–C) groups is 1. The van der Waals surface area contributed by atoms with Gasteiger partial charge in [-0.05, 0) is 30.7 Å². The molecular weight excluding hydrogens is 413 g/mol. The molecule has 0 spiro atoms. The molecule has 1 aliphatic heterocycles. The Kier molecular flexibility index (Phi) is 11.1. The topological polar surface area (TPSA) is 36.9 Å². The Morgan fingerprint density at radius 2 is 2.08 bits per heavy atom. The van der Waals surface area contributed by atoms with E-state index in [1.54, 1.807) is 0 Å². The van der Waals surface area contributed by atoms with Crippen LogP contribution in [0.1, 0.15) is 31.7 Å². The molecule has 24 heavy (non-hydrogen) atoms. The van der Waals surface area contributed by atoms with Crippen LogP contribution in [-0.2, 0) is 11.2 Å². The van der Waals surface area contributed by atoms with E-state index >= 15 is 0 Å². The van der Waals surface area contributed by atoms with Crippen molar-refractivity contribution in [3.8, 4) is 0 Å². The number of nitrogens with zero attached hydrogens (tertiary/aromatic N) is 2. The second-order valence-electron chi connectivity index (χ2n) is 6.23. The van der Waals surface area contributed by atoms with Gasteiger partial charge in [-0.25, -0.2) is 0 Å². The normalized spacial score (nSPS) is 17.7. The molecule has 1 N–H and O–H groups in total. The summed E-state index contributed by atoms with van der Waals surface area (Å²) in [5, 5.41) is 3.42. The summed E-state index contributed by atoms with van der Waals surface area (Å²) in [6.45, 7) is 6.80. The summed E-state index contributed by atoms with van der Waals surface area (Å²) in [6.07, 6.45) is 4.73. The van der Waals surface area contributed by atoms with Crippen molar-refractivity contribution in [2.45, 2.75) is 32.6 Å². The number of nitrogens with one attached hydrogen (secondary N) is 1. The fraction of sp³-hybridized carbons (Fsp3) is 0.632. The molecular formula is C19H32IN3O. The Morgan fingerprint density at radius 1 is 1.29 bits per heavy atom. The first-order chi connectivity index (χ1) is 11.3. The van der Waals surface area contributed by atoms with E-state index in [1.165, 1.54) is 18.4 Å². The van der Waals surface area contributed by atoms with E-state index in [0.717, 1.165) is 57.6 Å². The molecule has 136 valence electrons. The summed E-state index contributed by atoms with van der Waals surface area (Å²) >= 11 is 0. The van der Waals surface area contributed by atoms with E-state index < -0.39 is 0 Å². The number of hydrogen-bond donors (Lipinski definition) is 1. The van der Waals surface area contributed by atoms with Crippen LogP contribution in [0.15, 0.2) is 35.3 Å². The summed E-state index contributed by atoms with van der Waals surface area (Å²) in [4.78, 5) is 6.80. The maximum Gasteiger partial charge on any atom is 0.193 e. The SMILES string of the molecule is CCCCOCCNC(=NC)N1CCC(Cc2ccccc2)C1.I. The highest BCUT2D eigenvalue weighted by molar-refractivity contribution is 14.0. The van der Waals surface area contributed by atoms with Gasteiger partial charge in [0, 0.05) is 33.3 Å². The summed E-state index contributed by atoms with van der Waals surface area (Å²) in [5.41, 5.74) is 1.44. The van der Waals surface area contributed by atoms with Crippen molar-refractivity contribution < 1.29 is 4.74 Å². The minimum Gasteiger partial charge on any atom is -0.380 e. The van der Waals surface area contributed by atoms with Crippen LogP contribution in [0.3, 0.4) is 0 Å². The van der Waals surface area contributed by atoms with Crippen molar-refractivity contribution in [1.29, 1.82) is 0 Å². The minimum atomic E-state index is 0. The highest BCUT2D eigenvalue weighted by Gasteiger charge is 2.24. The second-order valence-corrected chi connectivity index (χ2v) is 6.23. The fourth-order valence-corrected chi connectivity index (χ4v) is 3.05. The molecule has 2 rings (SSSR count). The highest BCUT2D eigenvalue weighted by Crippen LogP contribution is 2.20. The van der Waals surface area contributed by atoms with Gasteiger partial charge >= 0.3 is 0 Å². The number of halogens is 1. The molecule has 1 aromatic rings. The second kappa shape index (κ2) is 12.5. The largest absolute Gasteiger partial charge is 0.380 e. The first-order valence-corrected chi connectivity index (χ1v) is 8.90. The van der Waals surface area contributed by atoms with E-state index in [-0.39, 0.29) is 24.0 Å². The van der Waals surface area contributed by atoms with Crippen molar-refractivity contribution in [3.63, 3.8) is 0 Å². The Bertz CT molecular complexity index is 467. The zero-order chi connectivity index (χ0) is 16.3. The molecule has 1 unspecified atom stereocenters. The molecule has 0 aromatic heterocycles. The van der Waals surface area contributed by atoms with Crippen molar-refractivity contribution in [2.24, 2.45) is 10.9 Å². The third kappa shape index (κ3) is 7.38. The molecule has 0 radical (unpaired) electrons. The van der Waals surface area contributed by atoms with Crippen molar-refractivity contribution in [1.82, 2.24) is 10.2 Å². The van der Waals surface area contributed by atoms with Crippen LogP contribution in [0.2, 0.25) is 0 Å².